The first kappa shape index (κ1) is 13.8. The van der Waals surface area contributed by atoms with E-state index in [1.165, 1.54) is 25.7 Å². The van der Waals surface area contributed by atoms with Crippen LogP contribution in [0.25, 0.3) is 0 Å². The number of nitrogens with zero attached hydrogens (tertiary/aromatic N) is 1. The summed E-state index contributed by atoms with van der Waals surface area (Å²) in [6.07, 6.45) is 11.2. The van der Waals surface area contributed by atoms with Crippen LogP contribution < -0.4 is 0 Å². The second kappa shape index (κ2) is 5.40. The Morgan fingerprint density at radius 2 is 1.90 bits per heavy atom. The van der Waals surface area contributed by atoms with Crippen LogP contribution in [0.3, 0.4) is 0 Å². The Hall–Kier alpha value is -0.860. The standard InChI is InChI=1S/C18H27NO2/c20-17-6-2-1-4-14(17)16-5-3-9-19(16)18(21)15-11-12-7-8-13(15)10-12/h12-16H,1-11H2. The minimum Gasteiger partial charge on any atom is -0.339 e. The molecule has 1 amide bonds. The van der Waals surface area contributed by atoms with Gasteiger partial charge in [-0.15, -0.1) is 0 Å². The van der Waals surface area contributed by atoms with Gasteiger partial charge >= 0.3 is 0 Å². The molecule has 1 heterocycles. The van der Waals surface area contributed by atoms with Crippen molar-refractivity contribution in [3.8, 4) is 0 Å². The lowest BCUT2D eigenvalue weighted by Gasteiger charge is -2.35. The Morgan fingerprint density at radius 3 is 2.62 bits per heavy atom. The van der Waals surface area contributed by atoms with Crippen LogP contribution in [0.15, 0.2) is 0 Å². The first-order chi connectivity index (χ1) is 10.2. The number of ketones is 1. The highest BCUT2D eigenvalue weighted by Gasteiger charge is 2.47. The molecule has 0 spiro atoms. The summed E-state index contributed by atoms with van der Waals surface area (Å²) in [7, 11) is 0. The number of likely N-dealkylation sites (tertiary alicyclic amines) is 1. The van der Waals surface area contributed by atoms with Crippen LogP contribution in [-0.4, -0.2) is 29.2 Å². The number of carbonyl (C=O) groups is 2. The molecule has 21 heavy (non-hydrogen) atoms. The molecule has 5 unspecified atom stereocenters. The Labute approximate surface area is 127 Å². The monoisotopic (exact) mass is 289 g/mol. The molecular formula is C18H27NO2. The lowest BCUT2D eigenvalue weighted by Crippen LogP contribution is -2.46. The summed E-state index contributed by atoms with van der Waals surface area (Å²) < 4.78 is 0. The number of rotatable bonds is 2. The second-order valence-electron chi connectivity index (χ2n) is 7.84. The molecular weight excluding hydrogens is 262 g/mol. The Balaban J connectivity index is 1.48. The number of amides is 1. The van der Waals surface area contributed by atoms with Crippen LogP contribution in [0.5, 0.6) is 0 Å². The minimum absolute atomic E-state index is 0.156. The first-order valence-electron chi connectivity index (χ1n) is 9.07. The summed E-state index contributed by atoms with van der Waals surface area (Å²) >= 11 is 0. The molecule has 0 aromatic heterocycles. The van der Waals surface area contributed by atoms with Gasteiger partial charge in [0.2, 0.25) is 5.91 Å². The maximum Gasteiger partial charge on any atom is 0.226 e. The van der Waals surface area contributed by atoms with Gasteiger partial charge in [0.05, 0.1) is 0 Å². The van der Waals surface area contributed by atoms with Gasteiger partial charge in [0.1, 0.15) is 5.78 Å². The highest BCUT2D eigenvalue weighted by molar-refractivity contribution is 5.85. The fourth-order valence-electron chi connectivity index (χ4n) is 5.66. The molecule has 0 aromatic rings. The van der Waals surface area contributed by atoms with Gasteiger partial charge in [0.25, 0.3) is 0 Å². The third-order valence-corrected chi connectivity index (χ3v) is 6.70. The molecule has 2 bridgehead atoms. The molecule has 1 aliphatic heterocycles. The number of Topliss-reactive ketones (excluding diaryl/α,β-unsaturated/α-hetero) is 1. The summed E-state index contributed by atoms with van der Waals surface area (Å²) in [5.74, 6) is 2.76. The van der Waals surface area contributed by atoms with Crippen LogP contribution in [0.4, 0.5) is 0 Å². The van der Waals surface area contributed by atoms with Crippen molar-refractivity contribution in [3.63, 3.8) is 0 Å². The van der Waals surface area contributed by atoms with Crippen molar-refractivity contribution in [2.24, 2.45) is 23.7 Å². The smallest absolute Gasteiger partial charge is 0.226 e. The van der Waals surface area contributed by atoms with Crippen LogP contribution in [0, 0.1) is 23.7 Å². The van der Waals surface area contributed by atoms with E-state index in [4.69, 9.17) is 0 Å². The third kappa shape index (κ3) is 2.33. The zero-order valence-corrected chi connectivity index (χ0v) is 12.9. The maximum absolute atomic E-state index is 13.0. The van der Waals surface area contributed by atoms with Crippen molar-refractivity contribution in [1.29, 1.82) is 0 Å². The predicted octanol–water partition coefficient (Wildman–Crippen LogP) is 3.17. The molecule has 1 saturated heterocycles. The van der Waals surface area contributed by atoms with Crippen molar-refractivity contribution in [2.75, 3.05) is 6.54 Å². The molecule has 4 fully saturated rings. The SMILES string of the molecule is O=C1CCCCC1C1CCCN1C(=O)C1CC2CCC1C2. The van der Waals surface area contributed by atoms with Crippen molar-refractivity contribution >= 4 is 11.7 Å². The van der Waals surface area contributed by atoms with E-state index in [2.05, 4.69) is 4.90 Å². The molecule has 4 aliphatic rings. The van der Waals surface area contributed by atoms with E-state index in [0.717, 1.165) is 51.0 Å². The molecule has 5 atom stereocenters. The Bertz CT molecular complexity index is 446. The highest BCUT2D eigenvalue weighted by Crippen LogP contribution is 2.49. The average Bonchev–Trinajstić information content (AvgIpc) is 3.23. The van der Waals surface area contributed by atoms with Crippen molar-refractivity contribution in [3.05, 3.63) is 0 Å². The van der Waals surface area contributed by atoms with Crippen molar-refractivity contribution < 1.29 is 9.59 Å². The van der Waals surface area contributed by atoms with Gasteiger partial charge in [-0.05, 0) is 56.8 Å². The summed E-state index contributed by atoms with van der Waals surface area (Å²) in [6.45, 7) is 0.904. The van der Waals surface area contributed by atoms with Gasteiger partial charge in [-0.3, -0.25) is 9.59 Å². The Kier molecular flexibility index (Phi) is 3.55. The first-order valence-corrected chi connectivity index (χ1v) is 9.07. The topological polar surface area (TPSA) is 37.4 Å². The fraction of sp³-hybridized carbons (Fsp3) is 0.889. The Morgan fingerprint density at radius 1 is 1.00 bits per heavy atom. The lowest BCUT2D eigenvalue weighted by atomic mass is 9.81. The zero-order chi connectivity index (χ0) is 14.4. The van der Waals surface area contributed by atoms with E-state index in [9.17, 15) is 9.59 Å². The molecule has 4 rings (SSSR count). The van der Waals surface area contributed by atoms with Crippen LogP contribution in [-0.2, 0) is 9.59 Å². The van der Waals surface area contributed by atoms with Gasteiger partial charge < -0.3 is 4.90 Å². The number of carbonyl (C=O) groups excluding carboxylic acids is 2. The van der Waals surface area contributed by atoms with Crippen LogP contribution in [0.2, 0.25) is 0 Å². The van der Waals surface area contributed by atoms with Crippen molar-refractivity contribution in [1.82, 2.24) is 4.90 Å². The van der Waals surface area contributed by atoms with Crippen LogP contribution >= 0.6 is 0 Å². The molecule has 3 nitrogen and oxygen atoms in total. The summed E-state index contributed by atoms with van der Waals surface area (Å²) in [6, 6.07) is 0.240. The van der Waals surface area contributed by atoms with Gasteiger partial charge in [-0.2, -0.15) is 0 Å². The van der Waals surface area contributed by atoms with Gasteiger partial charge in [-0.25, -0.2) is 0 Å². The molecule has 3 aliphatic carbocycles. The summed E-state index contributed by atoms with van der Waals surface area (Å²) in [5.41, 5.74) is 0. The molecule has 3 heteroatoms. The second-order valence-corrected chi connectivity index (χ2v) is 7.84. The van der Waals surface area contributed by atoms with Crippen molar-refractivity contribution in [2.45, 2.75) is 70.3 Å². The van der Waals surface area contributed by atoms with Crippen LogP contribution in [0.1, 0.15) is 64.2 Å². The third-order valence-electron chi connectivity index (χ3n) is 6.70. The molecule has 116 valence electrons. The summed E-state index contributed by atoms with van der Waals surface area (Å²) in [4.78, 5) is 27.4. The fourth-order valence-corrected chi connectivity index (χ4v) is 5.66. The average molecular weight is 289 g/mol. The van der Waals surface area contributed by atoms with Gasteiger partial charge in [-0.1, -0.05) is 12.8 Å². The quantitative estimate of drug-likeness (QED) is 0.783. The molecule has 0 radical (unpaired) electrons. The zero-order valence-electron chi connectivity index (χ0n) is 12.9. The van der Waals surface area contributed by atoms with E-state index in [0.29, 0.717) is 23.5 Å². The lowest BCUT2D eigenvalue weighted by molar-refractivity contribution is -0.140. The van der Waals surface area contributed by atoms with Gasteiger partial charge in [0.15, 0.2) is 0 Å². The highest BCUT2D eigenvalue weighted by atomic mass is 16.2. The van der Waals surface area contributed by atoms with Gasteiger partial charge in [0, 0.05) is 30.8 Å². The number of hydrogen-bond acceptors (Lipinski definition) is 2. The van der Waals surface area contributed by atoms with E-state index >= 15 is 0 Å². The largest absolute Gasteiger partial charge is 0.339 e. The molecule has 3 saturated carbocycles. The maximum atomic E-state index is 13.0. The normalized spacial score (nSPS) is 42.8. The van der Waals surface area contributed by atoms with E-state index in [1.807, 2.05) is 0 Å². The predicted molar refractivity (Wildman–Crippen MR) is 80.6 cm³/mol. The minimum atomic E-state index is 0.156. The van der Waals surface area contributed by atoms with E-state index in [1.54, 1.807) is 0 Å². The summed E-state index contributed by atoms with van der Waals surface area (Å²) in [5, 5.41) is 0. The number of fused-ring (bicyclic) bond motifs is 2. The number of hydrogen-bond donors (Lipinski definition) is 0. The van der Waals surface area contributed by atoms with E-state index < -0.39 is 0 Å². The molecule has 0 aromatic carbocycles. The molecule has 0 N–H and O–H groups in total. The van der Waals surface area contributed by atoms with E-state index in [-0.39, 0.29) is 12.0 Å².